The number of benzene rings is 2. The molecule has 0 aliphatic carbocycles. The second-order valence-electron chi connectivity index (χ2n) is 6.39. The van der Waals surface area contributed by atoms with E-state index in [9.17, 15) is 4.79 Å². The summed E-state index contributed by atoms with van der Waals surface area (Å²) in [6.45, 7) is 6.62. The molecule has 1 unspecified atom stereocenters. The summed E-state index contributed by atoms with van der Waals surface area (Å²) in [5, 5.41) is 0. The van der Waals surface area contributed by atoms with Gasteiger partial charge in [0.05, 0.1) is 12.0 Å². The lowest BCUT2D eigenvalue weighted by Gasteiger charge is -2.26. The fourth-order valence-electron chi connectivity index (χ4n) is 2.67. The predicted octanol–water partition coefficient (Wildman–Crippen LogP) is 5.05. The molecule has 24 heavy (non-hydrogen) atoms. The summed E-state index contributed by atoms with van der Waals surface area (Å²) in [5.74, 6) is 1.42. The number of fused-ring (bicyclic) bond motifs is 1. The van der Waals surface area contributed by atoms with Crippen molar-refractivity contribution in [3.8, 4) is 11.5 Å². The van der Waals surface area contributed by atoms with Crippen LogP contribution in [0.25, 0.3) is 0 Å². The summed E-state index contributed by atoms with van der Waals surface area (Å²) < 4.78 is 11.8. The molecule has 0 amide bonds. The van der Waals surface area contributed by atoms with E-state index in [1.165, 1.54) is 11.1 Å². The van der Waals surface area contributed by atoms with Crippen LogP contribution in [0.2, 0.25) is 0 Å². The molecular formula is C21H22O3. The molecule has 0 radical (unpaired) electrons. The lowest BCUT2D eigenvalue weighted by Crippen LogP contribution is -2.20. The smallest absolute Gasteiger partial charge is 0.170 e. The van der Waals surface area contributed by atoms with E-state index in [1.54, 1.807) is 6.07 Å². The van der Waals surface area contributed by atoms with Gasteiger partial charge in [-0.25, -0.2) is 0 Å². The van der Waals surface area contributed by atoms with Crippen LogP contribution >= 0.6 is 0 Å². The van der Waals surface area contributed by atoms with Gasteiger partial charge in [-0.2, -0.15) is 0 Å². The van der Waals surface area contributed by atoms with Crippen molar-refractivity contribution in [1.82, 2.24) is 0 Å². The van der Waals surface area contributed by atoms with E-state index < -0.39 is 0 Å². The fourth-order valence-corrected chi connectivity index (χ4v) is 2.67. The Morgan fingerprint density at radius 3 is 2.67 bits per heavy atom. The molecule has 3 nitrogen and oxygen atoms in total. The minimum absolute atomic E-state index is 0.109. The number of hydrogen-bond donors (Lipinski definition) is 0. The molecule has 0 spiro atoms. The Hall–Kier alpha value is -2.55. The third kappa shape index (κ3) is 3.67. The lowest BCUT2D eigenvalue weighted by molar-refractivity contribution is 0.0849. The Balaban J connectivity index is 1.81. The summed E-state index contributed by atoms with van der Waals surface area (Å²) in [6.07, 6.45) is 2.15. The molecule has 1 heterocycles. The van der Waals surface area contributed by atoms with Gasteiger partial charge in [-0.15, -0.1) is 0 Å². The van der Waals surface area contributed by atoms with E-state index in [-0.39, 0.29) is 11.9 Å². The molecule has 2 aromatic rings. The molecule has 124 valence electrons. The lowest BCUT2D eigenvalue weighted by atomic mass is 9.96. The first-order valence-electron chi connectivity index (χ1n) is 8.19. The topological polar surface area (TPSA) is 35.5 Å². The number of aryl methyl sites for hydroxylation is 1. The zero-order valence-electron chi connectivity index (χ0n) is 14.3. The monoisotopic (exact) mass is 322 g/mol. The van der Waals surface area contributed by atoms with Crippen LogP contribution < -0.4 is 9.47 Å². The molecule has 0 fully saturated rings. The maximum absolute atomic E-state index is 12.4. The quantitative estimate of drug-likeness (QED) is 0.739. The largest absolute Gasteiger partial charge is 0.489 e. The van der Waals surface area contributed by atoms with E-state index in [4.69, 9.17) is 9.47 Å². The zero-order valence-corrected chi connectivity index (χ0v) is 14.3. The van der Waals surface area contributed by atoms with E-state index in [0.29, 0.717) is 30.1 Å². The molecule has 0 saturated carbocycles. The molecule has 1 aliphatic heterocycles. The van der Waals surface area contributed by atoms with Gasteiger partial charge in [0.15, 0.2) is 5.78 Å². The molecule has 1 aliphatic rings. The fraction of sp³-hybridized carbons (Fsp3) is 0.286. The molecule has 1 atom stereocenters. The van der Waals surface area contributed by atoms with E-state index in [1.807, 2.05) is 63.2 Å². The second kappa shape index (κ2) is 6.91. The summed E-state index contributed by atoms with van der Waals surface area (Å²) in [7, 11) is 0. The molecule has 3 rings (SSSR count). The van der Waals surface area contributed by atoms with Crippen LogP contribution in [0.5, 0.6) is 11.5 Å². The summed E-state index contributed by atoms with van der Waals surface area (Å²) in [5.41, 5.74) is 4.05. The molecule has 0 N–H and O–H groups in total. The van der Waals surface area contributed by atoms with Gasteiger partial charge in [0.25, 0.3) is 0 Å². The van der Waals surface area contributed by atoms with Crippen LogP contribution in [0.15, 0.2) is 54.1 Å². The average Bonchev–Trinajstić information content (AvgIpc) is 2.55. The predicted molar refractivity (Wildman–Crippen MR) is 94.9 cm³/mol. The van der Waals surface area contributed by atoms with Crippen molar-refractivity contribution in [2.75, 3.05) is 6.61 Å². The highest BCUT2D eigenvalue weighted by atomic mass is 16.5. The van der Waals surface area contributed by atoms with Gasteiger partial charge in [0.2, 0.25) is 0 Å². The Kier molecular flexibility index (Phi) is 4.70. The van der Waals surface area contributed by atoms with E-state index >= 15 is 0 Å². The van der Waals surface area contributed by atoms with Gasteiger partial charge in [0.1, 0.15) is 24.2 Å². The highest BCUT2D eigenvalue weighted by Gasteiger charge is 2.27. The van der Waals surface area contributed by atoms with Crippen LogP contribution in [0.1, 0.15) is 47.9 Å². The SMILES string of the molecule is CC(C)=CCOc1ccc2c(c1)OC(c1ccc(C)cc1)CC2=O. The Labute approximate surface area is 142 Å². The van der Waals surface area contributed by atoms with Crippen LogP contribution in [-0.2, 0) is 0 Å². The highest BCUT2D eigenvalue weighted by Crippen LogP contribution is 2.37. The van der Waals surface area contributed by atoms with E-state index in [2.05, 4.69) is 0 Å². The number of Topliss-reactive ketones (excluding diaryl/α,β-unsaturated/α-hetero) is 1. The average molecular weight is 322 g/mol. The van der Waals surface area contributed by atoms with Crippen LogP contribution in [0.3, 0.4) is 0 Å². The van der Waals surface area contributed by atoms with Gasteiger partial charge in [-0.1, -0.05) is 35.4 Å². The van der Waals surface area contributed by atoms with Gasteiger partial charge in [-0.05, 0) is 44.5 Å². The molecule has 0 saturated heterocycles. The normalized spacial score (nSPS) is 16.1. The maximum atomic E-state index is 12.4. The molecular weight excluding hydrogens is 300 g/mol. The first-order valence-corrected chi connectivity index (χ1v) is 8.19. The molecule has 0 aromatic heterocycles. The molecule has 0 bridgehead atoms. The van der Waals surface area contributed by atoms with Crippen LogP contribution in [0, 0.1) is 6.92 Å². The Morgan fingerprint density at radius 1 is 1.21 bits per heavy atom. The number of ether oxygens (including phenoxy) is 2. The van der Waals surface area contributed by atoms with Crippen LogP contribution in [0.4, 0.5) is 0 Å². The minimum atomic E-state index is -0.237. The van der Waals surface area contributed by atoms with Crippen molar-refractivity contribution in [2.24, 2.45) is 0 Å². The van der Waals surface area contributed by atoms with Crippen molar-refractivity contribution in [3.05, 3.63) is 70.8 Å². The summed E-state index contributed by atoms with van der Waals surface area (Å²) in [4.78, 5) is 12.4. The first kappa shape index (κ1) is 16.3. The van der Waals surface area contributed by atoms with Gasteiger partial charge in [0, 0.05) is 6.07 Å². The van der Waals surface area contributed by atoms with Crippen LogP contribution in [-0.4, -0.2) is 12.4 Å². The summed E-state index contributed by atoms with van der Waals surface area (Å²) in [6, 6.07) is 13.6. The maximum Gasteiger partial charge on any atom is 0.170 e. The standard InChI is InChI=1S/C21H22O3/c1-14(2)10-11-23-17-8-9-18-19(22)13-20(24-21(18)12-17)16-6-4-15(3)5-7-16/h4-10,12,20H,11,13H2,1-3H3. The van der Waals surface area contributed by atoms with Gasteiger partial charge in [-0.3, -0.25) is 4.79 Å². The van der Waals surface area contributed by atoms with Gasteiger partial charge >= 0.3 is 0 Å². The molecule has 3 heteroatoms. The number of allylic oxidation sites excluding steroid dienone is 1. The van der Waals surface area contributed by atoms with Gasteiger partial charge < -0.3 is 9.47 Å². The number of carbonyl (C=O) groups is 1. The Morgan fingerprint density at radius 2 is 1.96 bits per heavy atom. The van der Waals surface area contributed by atoms with Crippen molar-refractivity contribution < 1.29 is 14.3 Å². The zero-order chi connectivity index (χ0) is 17.1. The van der Waals surface area contributed by atoms with E-state index in [0.717, 1.165) is 5.56 Å². The third-order valence-electron chi connectivity index (χ3n) is 4.08. The number of carbonyl (C=O) groups excluding carboxylic acids is 1. The number of hydrogen-bond acceptors (Lipinski definition) is 3. The second-order valence-corrected chi connectivity index (χ2v) is 6.39. The first-order chi connectivity index (χ1) is 11.5. The number of rotatable bonds is 4. The number of ketones is 1. The minimum Gasteiger partial charge on any atom is -0.489 e. The van der Waals surface area contributed by atoms with Crippen molar-refractivity contribution in [3.63, 3.8) is 0 Å². The summed E-state index contributed by atoms with van der Waals surface area (Å²) >= 11 is 0. The van der Waals surface area contributed by atoms with Crippen molar-refractivity contribution in [2.45, 2.75) is 33.3 Å². The molecule has 2 aromatic carbocycles. The Bertz CT molecular complexity index is 768. The highest BCUT2D eigenvalue weighted by molar-refractivity contribution is 6.00. The van der Waals surface area contributed by atoms with Crippen molar-refractivity contribution >= 4 is 5.78 Å². The third-order valence-corrected chi connectivity index (χ3v) is 4.08. The van der Waals surface area contributed by atoms with Crippen molar-refractivity contribution in [1.29, 1.82) is 0 Å².